The van der Waals surface area contributed by atoms with Gasteiger partial charge in [0.15, 0.2) is 21.4 Å². The molecule has 0 spiro atoms. The minimum Gasteiger partial charge on any atom is -0.494 e. The first-order chi connectivity index (χ1) is 7.51. The third kappa shape index (κ3) is 2.70. The number of methoxy groups -OCH3 is 1. The maximum atomic E-state index is 13.2. The second-order valence-electron chi connectivity index (χ2n) is 3.02. The molecular weight excluding hydrogens is 233 g/mol. The fourth-order valence-corrected chi connectivity index (χ4v) is 2.29. The Labute approximate surface area is 93.2 Å². The standard InChI is InChI=1S/C10H10FNO3S/c1-15-10-4-3-8(7-9(10)11)16(13,14)6-2-5-12/h3-4,7H,2,6H2,1H3. The van der Waals surface area contributed by atoms with Gasteiger partial charge in [-0.2, -0.15) is 5.26 Å². The molecule has 0 atom stereocenters. The molecule has 0 amide bonds. The monoisotopic (exact) mass is 243 g/mol. The van der Waals surface area contributed by atoms with Crippen molar-refractivity contribution in [2.75, 3.05) is 12.9 Å². The highest BCUT2D eigenvalue weighted by atomic mass is 32.2. The summed E-state index contributed by atoms with van der Waals surface area (Å²) in [6.45, 7) is 0. The predicted molar refractivity (Wildman–Crippen MR) is 55.2 cm³/mol. The average molecular weight is 243 g/mol. The number of hydrogen-bond donors (Lipinski definition) is 0. The van der Waals surface area contributed by atoms with Crippen molar-refractivity contribution in [3.63, 3.8) is 0 Å². The molecule has 0 heterocycles. The molecule has 16 heavy (non-hydrogen) atoms. The Hall–Kier alpha value is -1.61. The Morgan fingerprint density at radius 2 is 2.19 bits per heavy atom. The molecule has 4 nitrogen and oxygen atoms in total. The summed E-state index contributed by atoms with van der Waals surface area (Å²) in [7, 11) is -2.29. The number of sulfone groups is 1. The third-order valence-corrected chi connectivity index (χ3v) is 3.68. The Morgan fingerprint density at radius 1 is 1.50 bits per heavy atom. The van der Waals surface area contributed by atoms with Gasteiger partial charge in [0.25, 0.3) is 0 Å². The van der Waals surface area contributed by atoms with Crippen molar-refractivity contribution in [1.82, 2.24) is 0 Å². The number of ether oxygens (including phenoxy) is 1. The van der Waals surface area contributed by atoms with Gasteiger partial charge in [0.2, 0.25) is 0 Å². The van der Waals surface area contributed by atoms with E-state index in [9.17, 15) is 12.8 Å². The lowest BCUT2D eigenvalue weighted by Gasteiger charge is -2.05. The molecule has 0 bridgehead atoms. The number of benzene rings is 1. The Morgan fingerprint density at radius 3 is 2.69 bits per heavy atom. The molecule has 1 rings (SSSR count). The molecule has 1 aromatic rings. The summed E-state index contributed by atoms with van der Waals surface area (Å²) in [5.74, 6) is -1.06. The molecule has 0 N–H and O–H groups in total. The van der Waals surface area contributed by atoms with Crippen molar-refractivity contribution in [1.29, 1.82) is 5.26 Å². The van der Waals surface area contributed by atoms with Crippen molar-refractivity contribution < 1.29 is 17.5 Å². The second-order valence-corrected chi connectivity index (χ2v) is 5.13. The molecule has 0 saturated heterocycles. The van der Waals surface area contributed by atoms with Crippen LogP contribution in [-0.4, -0.2) is 21.3 Å². The van der Waals surface area contributed by atoms with Crippen molar-refractivity contribution in [2.45, 2.75) is 11.3 Å². The van der Waals surface area contributed by atoms with E-state index < -0.39 is 15.7 Å². The van der Waals surface area contributed by atoms with E-state index in [0.717, 1.165) is 6.07 Å². The van der Waals surface area contributed by atoms with Crippen molar-refractivity contribution >= 4 is 9.84 Å². The molecule has 0 aliphatic carbocycles. The van der Waals surface area contributed by atoms with E-state index in [1.165, 1.54) is 19.2 Å². The van der Waals surface area contributed by atoms with Gasteiger partial charge in [-0.1, -0.05) is 0 Å². The normalized spacial score (nSPS) is 10.8. The summed E-state index contributed by atoms with van der Waals surface area (Å²) < 4.78 is 41.1. The lowest BCUT2D eigenvalue weighted by Crippen LogP contribution is -2.06. The minimum absolute atomic E-state index is 0.0146. The molecule has 0 aliphatic rings. The second kappa shape index (κ2) is 4.94. The SMILES string of the molecule is COc1ccc(S(=O)(=O)CCC#N)cc1F. The first-order valence-corrected chi connectivity index (χ1v) is 6.09. The molecule has 6 heteroatoms. The topological polar surface area (TPSA) is 67.2 Å². The van der Waals surface area contributed by atoms with E-state index in [2.05, 4.69) is 4.74 Å². The van der Waals surface area contributed by atoms with E-state index in [1.54, 1.807) is 6.07 Å². The van der Waals surface area contributed by atoms with E-state index >= 15 is 0 Å². The highest BCUT2D eigenvalue weighted by molar-refractivity contribution is 7.91. The Bertz CT molecular complexity index is 519. The third-order valence-electron chi connectivity index (χ3n) is 1.96. The summed E-state index contributed by atoms with van der Waals surface area (Å²) in [4.78, 5) is -0.138. The lowest BCUT2D eigenvalue weighted by molar-refractivity contribution is 0.385. The number of halogens is 1. The maximum Gasteiger partial charge on any atom is 0.179 e. The van der Waals surface area contributed by atoms with Crippen LogP contribution in [0.5, 0.6) is 5.75 Å². The van der Waals surface area contributed by atoms with Gasteiger partial charge in [-0.05, 0) is 18.2 Å². The van der Waals surface area contributed by atoms with Crippen LogP contribution < -0.4 is 4.74 Å². The van der Waals surface area contributed by atoms with Crippen molar-refractivity contribution in [2.24, 2.45) is 0 Å². The quantitative estimate of drug-likeness (QED) is 0.804. The zero-order chi connectivity index (χ0) is 12.2. The molecule has 1 aromatic carbocycles. The van der Waals surface area contributed by atoms with Crippen molar-refractivity contribution in [3.05, 3.63) is 24.0 Å². The molecule has 0 aliphatic heterocycles. The molecular formula is C10H10FNO3S. The minimum atomic E-state index is -3.59. The van der Waals surface area contributed by atoms with Gasteiger partial charge in [0, 0.05) is 6.42 Å². The van der Waals surface area contributed by atoms with Crippen LogP contribution in [0.1, 0.15) is 6.42 Å². The van der Waals surface area contributed by atoms with Crippen LogP contribution in [0.3, 0.4) is 0 Å². The molecule has 0 aromatic heterocycles. The van der Waals surface area contributed by atoms with Gasteiger partial charge in [-0.25, -0.2) is 12.8 Å². The number of nitriles is 1. The van der Waals surface area contributed by atoms with Crippen LogP contribution in [0.4, 0.5) is 4.39 Å². The molecule has 0 saturated carbocycles. The first-order valence-electron chi connectivity index (χ1n) is 4.44. The van der Waals surface area contributed by atoms with Gasteiger partial charge < -0.3 is 4.74 Å². The number of rotatable bonds is 4. The van der Waals surface area contributed by atoms with Crippen molar-refractivity contribution in [3.8, 4) is 11.8 Å². The van der Waals surface area contributed by atoms with E-state index in [-0.39, 0.29) is 22.8 Å². The maximum absolute atomic E-state index is 13.2. The zero-order valence-corrected chi connectivity index (χ0v) is 9.42. The largest absolute Gasteiger partial charge is 0.494 e. The lowest BCUT2D eigenvalue weighted by atomic mass is 10.3. The summed E-state index contributed by atoms with van der Waals surface area (Å²) in [6.07, 6.45) is -0.115. The van der Waals surface area contributed by atoms with Crippen LogP contribution in [0.15, 0.2) is 23.1 Å². The summed E-state index contributed by atoms with van der Waals surface area (Å²) in [6, 6.07) is 5.13. The summed E-state index contributed by atoms with van der Waals surface area (Å²) in [5.41, 5.74) is 0. The van der Waals surface area contributed by atoms with E-state index in [0.29, 0.717) is 0 Å². The van der Waals surface area contributed by atoms with Gasteiger partial charge >= 0.3 is 0 Å². The predicted octanol–water partition coefficient (Wildman–Crippen LogP) is 1.52. The van der Waals surface area contributed by atoms with Crippen LogP contribution in [0.25, 0.3) is 0 Å². The highest BCUT2D eigenvalue weighted by Crippen LogP contribution is 2.21. The van der Waals surface area contributed by atoms with Gasteiger partial charge in [0.1, 0.15) is 0 Å². The van der Waals surface area contributed by atoms with E-state index in [1.807, 2.05) is 0 Å². The summed E-state index contributed by atoms with van der Waals surface area (Å²) in [5, 5.41) is 8.30. The van der Waals surface area contributed by atoms with Crippen LogP contribution in [-0.2, 0) is 9.84 Å². The first kappa shape index (κ1) is 12.5. The van der Waals surface area contributed by atoms with E-state index in [4.69, 9.17) is 5.26 Å². The smallest absolute Gasteiger partial charge is 0.179 e. The van der Waals surface area contributed by atoms with Gasteiger partial charge in [-0.15, -0.1) is 0 Å². The van der Waals surface area contributed by atoms with Gasteiger partial charge in [0.05, 0.1) is 23.8 Å². The molecule has 0 fully saturated rings. The highest BCUT2D eigenvalue weighted by Gasteiger charge is 2.16. The molecule has 86 valence electrons. The fourth-order valence-electron chi connectivity index (χ4n) is 1.14. The number of nitrogens with zero attached hydrogens (tertiary/aromatic N) is 1. The van der Waals surface area contributed by atoms with Crippen LogP contribution >= 0.6 is 0 Å². The number of hydrogen-bond acceptors (Lipinski definition) is 4. The van der Waals surface area contributed by atoms with Gasteiger partial charge in [-0.3, -0.25) is 0 Å². The zero-order valence-electron chi connectivity index (χ0n) is 8.60. The molecule has 0 unspecified atom stereocenters. The van der Waals surface area contributed by atoms with Crippen LogP contribution in [0.2, 0.25) is 0 Å². The Balaban J connectivity index is 3.06. The summed E-state index contributed by atoms with van der Waals surface area (Å²) >= 11 is 0. The average Bonchev–Trinajstić information content (AvgIpc) is 2.26. The van der Waals surface area contributed by atoms with Crippen LogP contribution in [0, 0.1) is 17.1 Å². The molecule has 0 radical (unpaired) electrons. The fraction of sp³-hybridized carbons (Fsp3) is 0.300. The Kier molecular flexibility index (Phi) is 3.85.